The SMILES string of the molecule is CC/C=C\C[C@@H](O)/C=C/C=C\C/C=C\C=C\[C@@H](O)/C=C\CCCC(=O)OC[C@H](COP(=O)(O)O)OC(=O)CC/C=C\C/C=C\C/C=C\C/C=C\C/C=C\CCCCC. The van der Waals surface area contributed by atoms with Gasteiger partial charge in [0.1, 0.15) is 6.61 Å². The Kier molecular flexibility index (Phi) is 37.2. The van der Waals surface area contributed by atoms with Gasteiger partial charge in [0.2, 0.25) is 0 Å². The predicted octanol–water partition coefficient (Wildman–Crippen LogP) is 10.7. The van der Waals surface area contributed by atoms with E-state index in [-0.39, 0.29) is 12.8 Å². The third kappa shape index (κ3) is 41.7. The molecule has 0 saturated carbocycles. The molecule has 0 rings (SSSR count). The summed E-state index contributed by atoms with van der Waals surface area (Å²) >= 11 is 0. The van der Waals surface area contributed by atoms with Crippen LogP contribution in [0.15, 0.2) is 134 Å². The highest BCUT2D eigenvalue weighted by Crippen LogP contribution is 2.35. The molecule has 4 N–H and O–H groups in total. The Morgan fingerprint density at radius 2 is 1.14 bits per heavy atom. The van der Waals surface area contributed by atoms with Crippen molar-refractivity contribution in [3.8, 4) is 0 Å². The smallest absolute Gasteiger partial charge is 0.462 e. The number of esters is 2. The zero-order chi connectivity index (χ0) is 42.8. The van der Waals surface area contributed by atoms with E-state index < -0.39 is 51.3 Å². The lowest BCUT2D eigenvalue weighted by Crippen LogP contribution is -2.29. The summed E-state index contributed by atoms with van der Waals surface area (Å²) in [4.78, 5) is 42.8. The molecule has 0 aromatic rings. The number of carbonyl (C=O) groups excluding carboxylic acids is 2. The molecule has 0 saturated heterocycles. The zero-order valence-corrected chi connectivity index (χ0v) is 35.7. The normalized spacial score (nSPS) is 14.9. The molecule has 0 unspecified atom stereocenters. The van der Waals surface area contributed by atoms with Gasteiger partial charge in [-0.05, 0) is 77.0 Å². The Bertz CT molecular complexity index is 1420. The number of aliphatic hydroxyl groups is 2. The fourth-order valence-electron chi connectivity index (χ4n) is 4.74. The van der Waals surface area contributed by atoms with Gasteiger partial charge in [-0.25, -0.2) is 4.57 Å². The lowest BCUT2D eigenvalue weighted by Gasteiger charge is -2.18. The highest BCUT2D eigenvalue weighted by Gasteiger charge is 2.22. The van der Waals surface area contributed by atoms with Crippen molar-refractivity contribution in [2.24, 2.45) is 0 Å². The number of ether oxygens (including phenoxy) is 2. The van der Waals surface area contributed by atoms with Crippen LogP contribution in [0, 0.1) is 0 Å². The van der Waals surface area contributed by atoms with Crippen molar-refractivity contribution in [1.82, 2.24) is 0 Å². The molecule has 0 heterocycles. The maximum Gasteiger partial charge on any atom is 0.469 e. The molecule has 0 aliphatic heterocycles. The monoisotopic (exact) mass is 826 g/mol. The van der Waals surface area contributed by atoms with Gasteiger partial charge >= 0.3 is 19.8 Å². The Balaban J connectivity index is 4.34. The molecule has 0 spiro atoms. The van der Waals surface area contributed by atoms with Crippen molar-refractivity contribution in [3.63, 3.8) is 0 Å². The molecule has 0 radical (unpaired) electrons. The van der Waals surface area contributed by atoms with Crippen molar-refractivity contribution in [1.29, 1.82) is 0 Å². The van der Waals surface area contributed by atoms with E-state index in [9.17, 15) is 24.4 Å². The van der Waals surface area contributed by atoms with Gasteiger partial charge in [-0.3, -0.25) is 14.1 Å². The summed E-state index contributed by atoms with van der Waals surface area (Å²) in [5.74, 6) is -1.18. The minimum absolute atomic E-state index is 0.0363. The number of rotatable bonds is 35. The van der Waals surface area contributed by atoms with Gasteiger partial charge in [0.15, 0.2) is 6.10 Å². The Morgan fingerprint density at radius 3 is 1.74 bits per heavy atom. The number of hydrogen-bond acceptors (Lipinski definition) is 8. The molecule has 0 bridgehead atoms. The van der Waals surface area contributed by atoms with E-state index in [1.54, 1.807) is 30.4 Å². The van der Waals surface area contributed by atoms with Gasteiger partial charge < -0.3 is 29.5 Å². The summed E-state index contributed by atoms with van der Waals surface area (Å²) in [6.45, 7) is 3.22. The van der Waals surface area contributed by atoms with E-state index in [0.717, 1.165) is 38.5 Å². The third-order valence-corrected chi connectivity index (χ3v) is 8.33. The maximum atomic E-state index is 12.4. The molecule has 0 aromatic carbocycles. The Labute approximate surface area is 348 Å². The zero-order valence-electron chi connectivity index (χ0n) is 34.8. The Hall–Kier alpha value is -3.89. The molecular weight excluding hydrogens is 755 g/mol. The van der Waals surface area contributed by atoms with Gasteiger partial charge in [0, 0.05) is 12.8 Å². The molecule has 0 aliphatic rings. The summed E-state index contributed by atoms with van der Waals surface area (Å²) in [6.07, 6.45) is 52.6. The number of aliphatic hydroxyl groups excluding tert-OH is 2. The van der Waals surface area contributed by atoms with Crippen LogP contribution < -0.4 is 0 Å². The first-order chi connectivity index (χ1) is 28.1. The molecule has 324 valence electrons. The van der Waals surface area contributed by atoms with Crippen LogP contribution in [0.2, 0.25) is 0 Å². The first-order valence-electron chi connectivity index (χ1n) is 20.7. The quantitative estimate of drug-likeness (QED) is 0.0159. The highest BCUT2D eigenvalue weighted by atomic mass is 31.2. The summed E-state index contributed by atoms with van der Waals surface area (Å²) in [6, 6.07) is 0. The minimum atomic E-state index is -4.83. The van der Waals surface area contributed by atoms with Crippen molar-refractivity contribution in [2.75, 3.05) is 13.2 Å². The van der Waals surface area contributed by atoms with Gasteiger partial charge in [-0.15, -0.1) is 0 Å². The topological polar surface area (TPSA) is 160 Å². The molecule has 0 aliphatic carbocycles. The number of unbranched alkanes of at least 4 members (excludes halogenated alkanes) is 4. The second-order valence-corrected chi connectivity index (χ2v) is 14.5. The summed E-state index contributed by atoms with van der Waals surface area (Å²) in [5.41, 5.74) is 0. The third-order valence-electron chi connectivity index (χ3n) is 7.84. The van der Waals surface area contributed by atoms with E-state index in [1.807, 2.05) is 67.7 Å². The maximum absolute atomic E-state index is 12.4. The molecule has 10 nitrogen and oxygen atoms in total. The first kappa shape index (κ1) is 54.1. The van der Waals surface area contributed by atoms with Crippen LogP contribution in [0.1, 0.15) is 117 Å². The van der Waals surface area contributed by atoms with Crippen molar-refractivity contribution >= 4 is 19.8 Å². The van der Waals surface area contributed by atoms with Crippen LogP contribution in [0.3, 0.4) is 0 Å². The number of phosphoric acid groups is 1. The second kappa shape index (κ2) is 39.9. The van der Waals surface area contributed by atoms with E-state index >= 15 is 0 Å². The van der Waals surface area contributed by atoms with Crippen LogP contribution in [0.4, 0.5) is 0 Å². The van der Waals surface area contributed by atoms with Crippen molar-refractivity contribution < 1.29 is 48.2 Å². The fraction of sp³-hybridized carbons (Fsp3) is 0.489. The van der Waals surface area contributed by atoms with Crippen LogP contribution >= 0.6 is 7.82 Å². The number of carbonyl (C=O) groups is 2. The van der Waals surface area contributed by atoms with Crippen LogP contribution in [0.5, 0.6) is 0 Å². The Morgan fingerprint density at radius 1 is 0.569 bits per heavy atom. The lowest BCUT2D eigenvalue weighted by molar-refractivity contribution is -0.161. The van der Waals surface area contributed by atoms with Gasteiger partial charge in [-0.1, -0.05) is 160 Å². The summed E-state index contributed by atoms with van der Waals surface area (Å²) in [7, 11) is -4.83. The standard InChI is InChI=1S/C47H71O10P/c1-3-5-7-8-9-10-11-12-13-14-15-16-17-18-19-20-24-27-33-40-47(51)57-45(42-56-58(52,53)54)41-55-46(50)39-34-28-32-38-44(49)37-31-26-23-21-22-25-30-36-43(48)35-29-6-4-2/h6,9-10,12-13,15-16,18-19,22-27,29-32,36-38,43-45,48-49H,3-5,7-8,11,14,17,20-21,28,33-35,39-42H2,1-2H3,(H2,52,53,54)/b10-9-,13-12-,16-15-,19-18-,25-22-,26-23-,27-24-,29-6-,36-30+,37-31+,38-32-/t43-,44-,45-/m1/s1. The molecule has 0 aromatic heterocycles. The minimum Gasteiger partial charge on any atom is -0.462 e. The van der Waals surface area contributed by atoms with E-state index in [4.69, 9.17) is 19.3 Å². The predicted molar refractivity (Wildman–Crippen MR) is 237 cm³/mol. The average Bonchev–Trinajstić information content (AvgIpc) is 3.18. The molecule has 11 heteroatoms. The van der Waals surface area contributed by atoms with Crippen LogP contribution in [-0.4, -0.2) is 63.5 Å². The number of hydrogen-bond donors (Lipinski definition) is 4. The molecule has 58 heavy (non-hydrogen) atoms. The van der Waals surface area contributed by atoms with Gasteiger partial charge in [0.05, 0.1) is 18.8 Å². The van der Waals surface area contributed by atoms with Gasteiger partial charge in [0.25, 0.3) is 0 Å². The van der Waals surface area contributed by atoms with Crippen molar-refractivity contribution in [3.05, 3.63) is 134 Å². The average molecular weight is 827 g/mol. The molecular formula is C47H71O10P. The van der Waals surface area contributed by atoms with Crippen molar-refractivity contribution in [2.45, 2.75) is 135 Å². The van der Waals surface area contributed by atoms with Crippen LogP contribution in [-0.2, 0) is 28.2 Å². The van der Waals surface area contributed by atoms with E-state index in [0.29, 0.717) is 32.1 Å². The second-order valence-electron chi connectivity index (χ2n) is 13.3. The van der Waals surface area contributed by atoms with E-state index in [2.05, 4.69) is 54.0 Å². The summed E-state index contributed by atoms with van der Waals surface area (Å²) in [5, 5.41) is 19.9. The highest BCUT2D eigenvalue weighted by molar-refractivity contribution is 7.46. The van der Waals surface area contributed by atoms with Crippen LogP contribution in [0.25, 0.3) is 0 Å². The van der Waals surface area contributed by atoms with E-state index in [1.165, 1.54) is 19.3 Å². The number of phosphoric ester groups is 1. The lowest BCUT2D eigenvalue weighted by atomic mass is 10.2. The largest absolute Gasteiger partial charge is 0.469 e. The molecule has 3 atom stereocenters. The molecule has 0 amide bonds. The van der Waals surface area contributed by atoms with Gasteiger partial charge in [-0.2, -0.15) is 0 Å². The number of allylic oxidation sites excluding steroid dienone is 18. The fourth-order valence-corrected chi connectivity index (χ4v) is 5.10. The molecule has 0 fully saturated rings. The first-order valence-corrected chi connectivity index (χ1v) is 22.2. The summed E-state index contributed by atoms with van der Waals surface area (Å²) < 4.78 is 26.2.